The fourth-order valence-corrected chi connectivity index (χ4v) is 8.11. The average Bonchev–Trinajstić information content (AvgIpc) is 3.74. The summed E-state index contributed by atoms with van der Waals surface area (Å²) in [5.41, 5.74) is 12.2. The number of rotatable bonds is 13. The lowest BCUT2D eigenvalue weighted by atomic mass is 9.84. The second kappa shape index (κ2) is 14.4. The standard InChI is InChI=1S/C46H44N2O2/c1-49-45(32-19-8-5-9-20-32)39-30-38-35-25-14-16-29-41(35)48-44(38)37(42(39)46(50-2)33-21-10-6-11-22-33)26-12-4-3-7-18-31-23-17-27-36-34-24-13-15-28-40(34)47-43(31)36/h5-6,8-11,13-17,19-25,27-30,45-48H,3-4,7,12,18,26H2,1-2H3. The van der Waals surface area contributed by atoms with Gasteiger partial charge in [0, 0.05) is 52.3 Å². The number of hydrogen-bond acceptors (Lipinski definition) is 2. The number of fused-ring (bicyclic) bond motifs is 6. The Hall–Kier alpha value is -5.16. The topological polar surface area (TPSA) is 50.0 Å². The van der Waals surface area contributed by atoms with Gasteiger partial charge in [-0.3, -0.25) is 0 Å². The molecule has 0 aliphatic rings. The van der Waals surface area contributed by atoms with E-state index in [0.29, 0.717) is 0 Å². The number of ether oxygens (including phenoxy) is 2. The SMILES string of the molecule is COC(c1ccccc1)c1cc2c([nH]c3ccccc32)c(CCCCCCc2cccc3c2[nH]c2ccccc23)c1C(OC)c1ccccc1. The predicted molar refractivity (Wildman–Crippen MR) is 208 cm³/mol. The Labute approximate surface area is 294 Å². The van der Waals surface area contributed by atoms with E-state index in [1.165, 1.54) is 61.2 Å². The fraction of sp³-hybridized carbons (Fsp3) is 0.217. The number of nitrogens with one attached hydrogen (secondary N) is 2. The van der Waals surface area contributed by atoms with Gasteiger partial charge in [0.15, 0.2) is 0 Å². The second-order valence-electron chi connectivity index (χ2n) is 13.4. The van der Waals surface area contributed by atoms with E-state index in [0.717, 1.165) is 54.3 Å². The summed E-state index contributed by atoms with van der Waals surface area (Å²) in [6.45, 7) is 0. The van der Waals surface area contributed by atoms with Gasteiger partial charge in [0.05, 0.1) is 5.52 Å². The highest BCUT2D eigenvalue weighted by atomic mass is 16.5. The lowest BCUT2D eigenvalue weighted by molar-refractivity contribution is 0.117. The van der Waals surface area contributed by atoms with Crippen LogP contribution < -0.4 is 0 Å². The molecule has 4 heteroatoms. The molecule has 6 aromatic carbocycles. The summed E-state index contributed by atoms with van der Waals surface area (Å²) in [4.78, 5) is 7.53. The summed E-state index contributed by atoms with van der Waals surface area (Å²) >= 11 is 0. The number of benzene rings is 6. The van der Waals surface area contributed by atoms with Gasteiger partial charge in [-0.1, -0.05) is 128 Å². The number of hydrogen-bond donors (Lipinski definition) is 2. The van der Waals surface area contributed by atoms with Crippen LogP contribution in [-0.4, -0.2) is 24.2 Å². The number of methoxy groups -OCH3 is 2. The minimum absolute atomic E-state index is 0.239. The Bertz CT molecular complexity index is 2370. The van der Waals surface area contributed by atoms with Gasteiger partial charge in [0.1, 0.15) is 12.2 Å². The number of aromatic nitrogens is 2. The highest BCUT2D eigenvalue weighted by molar-refractivity contribution is 6.09. The van der Waals surface area contributed by atoms with Gasteiger partial charge >= 0.3 is 0 Å². The molecule has 2 aromatic heterocycles. The largest absolute Gasteiger partial charge is 0.372 e. The van der Waals surface area contributed by atoms with Crippen molar-refractivity contribution in [2.75, 3.05) is 14.2 Å². The molecular weight excluding hydrogens is 613 g/mol. The monoisotopic (exact) mass is 656 g/mol. The summed E-state index contributed by atoms with van der Waals surface area (Å²) in [5.74, 6) is 0. The molecule has 2 N–H and O–H groups in total. The van der Waals surface area contributed by atoms with E-state index in [4.69, 9.17) is 9.47 Å². The van der Waals surface area contributed by atoms with E-state index in [2.05, 4.69) is 143 Å². The van der Waals surface area contributed by atoms with Crippen molar-refractivity contribution in [3.8, 4) is 0 Å². The Morgan fingerprint density at radius 2 is 1.02 bits per heavy atom. The molecular formula is C46H44N2O2. The molecule has 0 aliphatic carbocycles. The Balaban J connectivity index is 1.14. The number of unbranched alkanes of at least 4 members (excludes halogenated alkanes) is 3. The Morgan fingerprint density at radius 1 is 0.480 bits per heavy atom. The molecule has 4 nitrogen and oxygen atoms in total. The lowest BCUT2D eigenvalue weighted by Crippen LogP contribution is -2.15. The molecule has 0 amide bonds. The lowest BCUT2D eigenvalue weighted by Gasteiger charge is -2.28. The molecule has 0 bridgehead atoms. The maximum atomic E-state index is 6.44. The van der Waals surface area contributed by atoms with E-state index in [-0.39, 0.29) is 12.2 Å². The summed E-state index contributed by atoms with van der Waals surface area (Å²) in [7, 11) is 3.65. The Kier molecular flexibility index (Phi) is 9.21. The number of para-hydroxylation sites is 3. The molecule has 8 rings (SSSR count). The molecule has 50 heavy (non-hydrogen) atoms. The van der Waals surface area contributed by atoms with Crippen molar-refractivity contribution in [2.24, 2.45) is 0 Å². The molecule has 0 saturated carbocycles. The molecule has 2 heterocycles. The first-order valence-electron chi connectivity index (χ1n) is 17.9. The molecule has 2 unspecified atom stereocenters. The van der Waals surface area contributed by atoms with Crippen LogP contribution in [0.4, 0.5) is 0 Å². The predicted octanol–water partition coefficient (Wildman–Crippen LogP) is 11.8. The maximum absolute atomic E-state index is 6.44. The molecule has 8 aromatic rings. The molecule has 0 radical (unpaired) electrons. The third-order valence-electron chi connectivity index (χ3n) is 10.5. The van der Waals surface area contributed by atoms with E-state index in [1.807, 2.05) is 14.2 Å². The van der Waals surface area contributed by atoms with Crippen molar-refractivity contribution in [1.29, 1.82) is 0 Å². The minimum Gasteiger partial charge on any atom is -0.372 e. The fourth-order valence-electron chi connectivity index (χ4n) is 8.11. The molecule has 0 aliphatic heterocycles. The van der Waals surface area contributed by atoms with Crippen molar-refractivity contribution in [1.82, 2.24) is 9.97 Å². The van der Waals surface area contributed by atoms with Gasteiger partial charge in [-0.25, -0.2) is 0 Å². The molecule has 0 saturated heterocycles. The van der Waals surface area contributed by atoms with Crippen LogP contribution in [0.2, 0.25) is 0 Å². The number of H-pyrrole nitrogens is 2. The third-order valence-corrected chi connectivity index (χ3v) is 10.5. The summed E-state index contributed by atoms with van der Waals surface area (Å²) in [6, 6.07) is 47.6. The van der Waals surface area contributed by atoms with E-state index < -0.39 is 0 Å². The van der Waals surface area contributed by atoms with Crippen molar-refractivity contribution in [2.45, 2.75) is 50.7 Å². The van der Waals surface area contributed by atoms with Gasteiger partial charge < -0.3 is 19.4 Å². The zero-order chi connectivity index (χ0) is 33.9. The third kappa shape index (κ3) is 6.00. The van der Waals surface area contributed by atoms with Crippen LogP contribution in [0.5, 0.6) is 0 Å². The normalized spacial score (nSPS) is 13.1. The van der Waals surface area contributed by atoms with Crippen LogP contribution in [0, 0.1) is 0 Å². The first-order chi connectivity index (χ1) is 24.7. The molecule has 0 fully saturated rings. The van der Waals surface area contributed by atoms with Crippen molar-refractivity contribution < 1.29 is 9.47 Å². The second-order valence-corrected chi connectivity index (χ2v) is 13.4. The minimum atomic E-state index is -0.241. The van der Waals surface area contributed by atoms with E-state index in [1.54, 1.807) is 0 Å². The Morgan fingerprint density at radius 3 is 1.68 bits per heavy atom. The van der Waals surface area contributed by atoms with Crippen molar-refractivity contribution in [3.05, 3.63) is 167 Å². The van der Waals surface area contributed by atoms with E-state index >= 15 is 0 Å². The van der Waals surface area contributed by atoms with Gasteiger partial charge in [0.25, 0.3) is 0 Å². The van der Waals surface area contributed by atoms with Crippen LogP contribution >= 0.6 is 0 Å². The zero-order valence-corrected chi connectivity index (χ0v) is 28.9. The van der Waals surface area contributed by atoms with Crippen LogP contribution in [0.15, 0.2) is 133 Å². The highest BCUT2D eigenvalue weighted by Crippen LogP contribution is 2.43. The van der Waals surface area contributed by atoms with Crippen LogP contribution in [0.1, 0.15) is 71.3 Å². The number of aromatic amines is 2. The van der Waals surface area contributed by atoms with E-state index in [9.17, 15) is 0 Å². The number of aryl methyl sites for hydroxylation is 2. The maximum Gasteiger partial charge on any atom is 0.108 e. The molecule has 250 valence electrons. The van der Waals surface area contributed by atoms with Crippen LogP contribution in [0.3, 0.4) is 0 Å². The van der Waals surface area contributed by atoms with Crippen molar-refractivity contribution >= 4 is 43.6 Å². The molecule has 0 spiro atoms. The highest BCUT2D eigenvalue weighted by Gasteiger charge is 2.29. The molecule has 2 atom stereocenters. The first kappa shape index (κ1) is 32.1. The quantitative estimate of drug-likeness (QED) is 0.121. The van der Waals surface area contributed by atoms with Crippen LogP contribution in [0.25, 0.3) is 43.6 Å². The van der Waals surface area contributed by atoms with Gasteiger partial charge in [-0.05, 0) is 77.3 Å². The van der Waals surface area contributed by atoms with Gasteiger partial charge in [-0.15, -0.1) is 0 Å². The van der Waals surface area contributed by atoms with Crippen molar-refractivity contribution in [3.63, 3.8) is 0 Å². The smallest absolute Gasteiger partial charge is 0.108 e. The average molecular weight is 657 g/mol. The summed E-state index contributed by atoms with van der Waals surface area (Å²) < 4.78 is 12.8. The van der Waals surface area contributed by atoms with Gasteiger partial charge in [0.2, 0.25) is 0 Å². The zero-order valence-electron chi connectivity index (χ0n) is 28.9. The first-order valence-corrected chi connectivity index (χ1v) is 17.9. The van der Waals surface area contributed by atoms with Crippen LogP contribution in [-0.2, 0) is 22.3 Å². The van der Waals surface area contributed by atoms with Gasteiger partial charge in [-0.2, -0.15) is 0 Å². The summed E-state index contributed by atoms with van der Waals surface area (Å²) in [5, 5.41) is 5.10. The summed E-state index contributed by atoms with van der Waals surface area (Å²) in [6.07, 6.45) is 6.12.